The van der Waals surface area contributed by atoms with Crippen LogP contribution in [-0.2, 0) is 17.4 Å². The van der Waals surface area contributed by atoms with Gasteiger partial charge in [0.15, 0.2) is 0 Å². The zero-order valence-corrected chi connectivity index (χ0v) is 20.5. The van der Waals surface area contributed by atoms with E-state index in [2.05, 4.69) is 56.0 Å². The quantitative estimate of drug-likeness (QED) is 0.459. The molecule has 0 aromatic carbocycles. The first-order valence-corrected chi connectivity index (χ1v) is 21.3. The molecule has 0 fully saturated rings. The third kappa shape index (κ3) is 4.00. The molecule has 0 unspecified atom stereocenters. The van der Waals surface area contributed by atoms with Crippen LogP contribution in [0.15, 0.2) is 41.0 Å². The van der Waals surface area contributed by atoms with Gasteiger partial charge in [-0.3, -0.25) is 0 Å². The van der Waals surface area contributed by atoms with Crippen LogP contribution in [-0.4, -0.2) is 6.88 Å². The maximum atomic E-state index is 2.66. The van der Waals surface area contributed by atoms with Gasteiger partial charge in [0, 0.05) is 0 Å². The van der Waals surface area contributed by atoms with Crippen molar-refractivity contribution in [3.63, 3.8) is 0 Å². The second-order valence-electron chi connectivity index (χ2n) is 7.67. The second-order valence-corrected chi connectivity index (χ2v) is 36.4. The van der Waals surface area contributed by atoms with Gasteiger partial charge in [0.1, 0.15) is 0 Å². The van der Waals surface area contributed by atoms with E-state index < -0.39 is 17.4 Å². The molecule has 0 aliphatic heterocycles. The number of rotatable bonds is 4. The Kier molecular flexibility index (Phi) is 7.91. The van der Waals surface area contributed by atoms with Crippen molar-refractivity contribution in [1.82, 2.24) is 0 Å². The maximum absolute atomic E-state index is 2.90. The molecule has 22 heavy (non-hydrogen) atoms. The molecule has 0 heterocycles. The molecular weight excluding hydrogens is 406 g/mol. The molecule has 0 aromatic heterocycles. The summed E-state index contributed by atoms with van der Waals surface area (Å²) in [6.07, 6.45) is 9.91. The Morgan fingerprint density at radius 2 is 1.18 bits per heavy atom. The van der Waals surface area contributed by atoms with E-state index in [4.69, 9.17) is 0 Å². The summed E-state index contributed by atoms with van der Waals surface area (Å²) in [5.41, 5.74) is 6.48. The first-order valence-electron chi connectivity index (χ1n) is 8.04. The molecule has 0 nitrogen and oxygen atoms in total. The maximum Gasteiger partial charge on any atom is -0.147 e. The molecule has 2 aliphatic rings. The molecule has 0 bridgehead atoms. The van der Waals surface area contributed by atoms with E-state index in [-0.39, 0.29) is 24.8 Å². The smallest absolute Gasteiger partial charge is 0.147 e. The molecule has 0 atom stereocenters. The van der Waals surface area contributed by atoms with Crippen LogP contribution in [0, 0.1) is 0 Å². The van der Waals surface area contributed by atoms with Gasteiger partial charge in [0.2, 0.25) is 0 Å². The van der Waals surface area contributed by atoms with Gasteiger partial charge in [-0.25, -0.2) is 0 Å². The zero-order chi connectivity index (χ0) is 15.2. The molecule has 0 N–H and O–H groups in total. The van der Waals surface area contributed by atoms with Crippen LogP contribution >= 0.6 is 24.8 Å². The van der Waals surface area contributed by atoms with Crippen LogP contribution in [0.2, 0.25) is 9.26 Å². The Morgan fingerprint density at radius 1 is 0.864 bits per heavy atom. The summed E-state index contributed by atoms with van der Waals surface area (Å²) >= 11 is -2.90. The van der Waals surface area contributed by atoms with Crippen molar-refractivity contribution < 1.29 is 17.4 Å². The molecule has 0 radical (unpaired) electrons. The fourth-order valence-electron chi connectivity index (χ4n) is 4.09. The molecule has 0 saturated heterocycles. The van der Waals surface area contributed by atoms with E-state index in [1.54, 1.807) is 22.3 Å². The number of hydrogen-bond acceptors (Lipinski definition) is 0. The van der Waals surface area contributed by atoms with Gasteiger partial charge in [0.25, 0.3) is 0 Å². The van der Waals surface area contributed by atoms with Crippen molar-refractivity contribution in [3.05, 3.63) is 41.0 Å². The van der Waals surface area contributed by atoms with Crippen molar-refractivity contribution in [2.24, 2.45) is 0 Å². The monoisotopic (exact) mass is 436 g/mol. The Balaban J connectivity index is 0.00000220. The first-order chi connectivity index (χ1) is 9.18. The van der Waals surface area contributed by atoms with E-state index in [1.807, 2.05) is 6.56 Å². The normalized spacial score (nSPS) is 18.9. The summed E-state index contributed by atoms with van der Waals surface area (Å²) in [7, 11) is 0. The molecular formula is C18H32Cl2SiZr. The van der Waals surface area contributed by atoms with Crippen molar-refractivity contribution in [1.29, 1.82) is 0 Å². The zero-order valence-electron chi connectivity index (χ0n) is 15.0. The Bertz CT molecular complexity index is 592. The Labute approximate surface area is 151 Å². The average molecular weight is 439 g/mol. The summed E-state index contributed by atoms with van der Waals surface area (Å²) < 4.78 is 9.02. The minimum Gasteiger partial charge on any atom is -0.147 e. The first kappa shape index (κ1) is 22.6. The van der Waals surface area contributed by atoms with Crippen LogP contribution in [0.25, 0.3) is 0 Å². The third-order valence-corrected chi connectivity index (χ3v) is 22.8. The summed E-state index contributed by atoms with van der Waals surface area (Å²) in [6.45, 7) is 11.7. The molecule has 0 saturated carbocycles. The fraction of sp³-hybridized carbons (Fsp3) is 0.556. The van der Waals surface area contributed by atoms with Crippen LogP contribution in [0.4, 0.5) is 0 Å². The van der Waals surface area contributed by atoms with Crippen molar-refractivity contribution in [2.45, 2.75) is 62.6 Å². The van der Waals surface area contributed by atoms with Crippen LogP contribution < -0.4 is 0 Å². The van der Waals surface area contributed by atoms with Gasteiger partial charge in [0.05, 0.1) is 0 Å². The van der Waals surface area contributed by atoms with Crippen molar-refractivity contribution >= 4 is 31.7 Å². The van der Waals surface area contributed by atoms with Crippen LogP contribution in [0.3, 0.4) is 0 Å². The minimum absolute atomic E-state index is 0. The summed E-state index contributed by atoms with van der Waals surface area (Å²) in [4.78, 5) is 0. The standard InChI is InChI=1S/2C8H11.2CH3.2ClH.H2Si.Zr/c2*1-3-8-5-4-7(2)6-8;;;;;;/h2*6H,3,5H2,1-2H3;2*1H3;2*1H;1H2;. The third-order valence-electron chi connectivity index (χ3n) is 5.44. The fourth-order valence-corrected chi connectivity index (χ4v) is 20.2. The van der Waals surface area contributed by atoms with E-state index in [1.165, 1.54) is 25.7 Å². The van der Waals surface area contributed by atoms with Gasteiger partial charge in [-0.1, -0.05) is 0 Å². The topological polar surface area (TPSA) is 0 Å². The van der Waals surface area contributed by atoms with Gasteiger partial charge in [-0.05, 0) is 0 Å². The SMILES string of the molecule is CCC1=CC(C)=[C]([Zr]([CH3])([CH3])(=[SiH2])[C]2=C(C)C=C(CC)C2)C1.Cl.Cl. The van der Waals surface area contributed by atoms with Crippen LogP contribution in [0.5, 0.6) is 0 Å². The molecule has 4 heteroatoms. The summed E-state index contributed by atoms with van der Waals surface area (Å²) in [5.74, 6) is 0. The molecule has 0 aromatic rings. The largest absolute Gasteiger partial charge is 0.147 e. The Morgan fingerprint density at radius 3 is 1.41 bits per heavy atom. The summed E-state index contributed by atoms with van der Waals surface area (Å²) in [5, 5.41) is 0. The molecule has 126 valence electrons. The summed E-state index contributed by atoms with van der Waals surface area (Å²) in [6, 6.07) is 0. The van der Waals surface area contributed by atoms with E-state index in [0.717, 1.165) is 0 Å². The van der Waals surface area contributed by atoms with E-state index in [0.29, 0.717) is 0 Å². The van der Waals surface area contributed by atoms with Crippen LogP contribution in [0.1, 0.15) is 53.4 Å². The van der Waals surface area contributed by atoms with Gasteiger partial charge in [-0.15, -0.1) is 24.8 Å². The number of halogens is 2. The van der Waals surface area contributed by atoms with E-state index in [9.17, 15) is 0 Å². The number of hydrogen-bond donors (Lipinski definition) is 0. The van der Waals surface area contributed by atoms with Crippen molar-refractivity contribution in [3.8, 4) is 0 Å². The molecule has 2 rings (SSSR count). The molecule has 0 spiro atoms. The predicted molar refractivity (Wildman–Crippen MR) is 106 cm³/mol. The van der Waals surface area contributed by atoms with E-state index >= 15 is 0 Å². The molecule has 0 amide bonds. The van der Waals surface area contributed by atoms with Gasteiger partial charge >= 0.3 is 128 Å². The predicted octanol–water partition coefficient (Wildman–Crippen LogP) is 6.19. The minimum atomic E-state index is -2.90. The molecule has 2 aliphatic carbocycles. The number of allylic oxidation sites excluding steroid dienone is 8. The van der Waals surface area contributed by atoms with Gasteiger partial charge in [-0.2, -0.15) is 0 Å². The van der Waals surface area contributed by atoms with Gasteiger partial charge < -0.3 is 0 Å². The average Bonchev–Trinajstić information content (AvgIpc) is 2.92. The Hall–Kier alpha value is 0.640. The van der Waals surface area contributed by atoms with Crippen molar-refractivity contribution in [2.75, 3.05) is 0 Å². The second kappa shape index (κ2) is 7.68.